The molecule has 5 nitrogen and oxygen atoms in total. The van der Waals surface area contributed by atoms with Gasteiger partial charge in [0.1, 0.15) is 12.4 Å². The molecule has 6 heteroatoms. The van der Waals surface area contributed by atoms with Gasteiger partial charge in [-0.1, -0.05) is 79.6 Å². The molecule has 4 rings (SSSR count). The van der Waals surface area contributed by atoms with E-state index in [-0.39, 0.29) is 11.7 Å². The number of hydrogen-bond donors (Lipinski definition) is 0. The number of aromatic nitrogens is 3. The summed E-state index contributed by atoms with van der Waals surface area (Å²) in [6, 6.07) is 19.9. The van der Waals surface area contributed by atoms with Gasteiger partial charge in [-0.3, -0.25) is 9.36 Å². The van der Waals surface area contributed by atoms with Crippen LogP contribution in [-0.4, -0.2) is 26.5 Å². The van der Waals surface area contributed by atoms with Gasteiger partial charge in [0, 0.05) is 11.6 Å². The van der Waals surface area contributed by atoms with Crippen LogP contribution in [0.4, 0.5) is 0 Å². The summed E-state index contributed by atoms with van der Waals surface area (Å²) in [7, 11) is 0. The van der Waals surface area contributed by atoms with Crippen molar-refractivity contribution >= 4 is 17.7 Å². The molecule has 0 spiro atoms. The summed E-state index contributed by atoms with van der Waals surface area (Å²) in [6.07, 6.45) is 6.07. The monoisotopic (exact) mass is 407 g/mol. The van der Waals surface area contributed by atoms with Crippen molar-refractivity contribution in [2.45, 2.75) is 49.8 Å². The third-order valence-corrected chi connectivity index (χ3v) is 6.11. The summed E-state index contributed by atoms with van der Waals surface area (Å²) in [6.45, 7) is 0.291. The molecule has 0 unspecified atom stereocenters. The summed E-state index contributed by atoms with van der Waals surface area (Å²) in [4.78, 5) is 12.2. The van der Waals surface area contributed by atoms with Crippen LogP contribution in [0.25, 0.3) is 5.69 Å². The van der Waals surface area contributed by atoms with Crippen LogP contribution in [0.5, 0.6) is 0 Å². The summed E-state index contributed by atoms with van der Waals surface area (Å²) >= 11 is 1.38. The zero-order chi connectivity index (χ0) is 19.9. The Morgan fingerprint density at radius 2 is 1.66 bits per heavy atom. The standard InChI is InChI=1S/C23H25N3O2S/c27-21(28-16-18-10-4-1-5-11-18)17-29-23-25-24-22(19-12-6-2-7-13-19)26(23)20-14-8-3-9-15-20/h1,3-5,8-11,14-15,19H,2,6-7,12-13,16-17H2. The first-order valence-corrected chi connectivity index (χ1v) is 11.1. The van der Waals surface area contributed by atoms with Crippen molar-refractivity contribution in [2.75, 3.05) is 5.75 Å². The molecule has 1 aliphatic carbocycles. The van der Waals surface area contributed by atoms with Crippen molar-refractivity contribution in [1.82, 2.24) is 14.8 Å². The third kappa shape index (κ3) is 5.07. The summed E-state index contributed by atoms with van der Waals surface area (Å²) in [5.41, 5.74) is 2.02. The highest BCUT2D eigenvalue weighted by atomic mass is 32.2. The topological polar surface area (TPSA) is 57.0 Å². The fraction of sp³-hybridized carbons (Fsp3) is 0.348. The molecule has 29 heavy (non-hydrogen) atoms. The number of ether oxygens (including phenoxy) is 1. The van der Waals surface area contributed by atoms with Gasteiger partial charge in [-0.2, -0.15) is 0 Å². The van der Waals surface area contributed by atoms with Gasteiger partial charge in [-0.05, 0) is 30.5 Å². The molecule has 1 aromatic heterocycles. The SMILES string of the molecule is O=C(CSc1nnc(C2CCCCC2)n1-c1ccccc1)OCc1ccccc1. The number of thioether (sulfide) groups is 1. The third-order valence-electron chi connectivity index (χ3n) is 5.20. The first-order valence-electron chi connectivity index (χ1n) is 10.1. The fourth-order valence-corrected chi connectivity index (χ4v) is 4.48. The van der Waals surface area contributed by atoms with Crippen molar-refractivity contribution in [3.63, 3.8) is 0 Å². The van der Waals surface area contributed by atoms with Gasteiger partial charge >= 0.3 is 5.97 Å². The lowest BCUT2D eigenvalue weighted by molar-refractivity contribution is -0.141. The second-order valence-corrected chi connectivity index (χ2v) is 8.22. The van der Waals surface area contributed by atoms with Gasteiger partial charge < -0.3 is 4.74 Å². The predicted molar refractivity (Wildman–Crippen MR) is 114 cm³/mol. The average Bonchev–Trinajstić information content (AvgIpc) is 3.22. The molecule has 0 N–H and O–H groups in total. The Morgan fingerprint density at radius 3 is 2.38 bits per heavy atom. The summed E-state index contributed by atoms with van der Waals surface area (Å²) in [5, 5.41) is 9.70. The van der Waals surface area contributed by atoms with E-state index >= 15 is 0 Å². The first-order chi connectivity index (χ1) is 14.3. The van der Waals surface area contributed by atoms with Gasteiger partial charge in [0.2, 0.25) is 0 Å². The number of rotatable bonds is 7. The molecule has 0 bridgehead atoms. The molecule has 1 aliphatic rings. The maximum Gasteiger partial charge on any atom is 0.316 e. The van der Waals surface area contributed by atoms with E-state index in [9.17, 15) is 4.79 Å². The highest BCUT2D eigenvalue weighted by molar-refractivity contribution is 7.99. The Balaban J connectivity index is 1.46. The largest absolute Gasteiger partial charge is 0.460 e. The van der Waals surface area contributed by atoms with Gasteiger partial charge in [-0.25, -0.2) is 0 Å². The number of nitrogens with zero attached hydrogens (tertiary/aromatic N) is 3. The van der Waals surface area contributed by atoms with Crippen LogP contribution in [-0.2, 0) is 16.1 Å². The molecule has 2 aromatic carbocycles. The number of esters is 1. The Hall–Kier alpha value is -2.60. The maximum absolute atomic E-state index is 12.2. The number of carbonyl (C=O) groups is 1. The van der Waals surface area contributed by atoms with Crippen molar-refractivity contribution in [2.24, 2.45) is 0 Å². The second kappa shape index (κ2) is 9.74. The lowest BCUT2D eigenvalue weighted by Crippen LogP contribution is -2.12. The quantitative estimate of drug-likeness (QED) is 0.400. The molecule has 0 aliphatic heterocycles. The van der Waals surface area contributed by atoms with E-state index in [4.69, 9.17) is 4.74 Å². The fourth-order valence-electron chi connectivity index (χ4n) is 3.72. The van der Waals surface area contributed by atoms with Crippen LogP contribution < -0.4 is 0 Å². The minimum atomic E-state index is -0.249. The molecular weight excluding hydrogens is 382 g/mol. The Kier molecular flexibility index (Phi) is 6.62. The van der Waals surface area contributed by atoms with E-state index < -0.39 is 0 Å². The van der Waals surface area contributed by atoms with Crippen LogP contribution >= 0.6 is 11.8 Å². The van der Waals surface area contributed by atoms with Crippen LogP contribution in [0, 0.1) is 0 Å². The van der Waals surface area contributed by atoms with Crippen LogP contribution in [0.3, 0.4) is 0 Å². The molecule has 150 valence electrons. The molecule has 1 heterocycles. The zero-order valence-electron chi connectivity index (χ0n) is 16.4. The van der Waals surface area contributed by atoms with Crippen molar-refractivity contribution < 1.29 is 9.53 Å². The Morgan fingerprint density at radius 1 is 0.966 bits per heavy atom. The van der Waals surface area contributed by atoms with Crippen LogP contribution in [0.1, 0.15) is 49.4 Å². The number of hydrogen-bond acceptors (Lipinski definition) is 5. The van der Waals surface area contributed by atoms with E-state index in [1.54, 1.807) is 0 Å². The molecule has 0 saturated heterocycles. The number of carbonyl (C=O) groups excluding carboxylic acids is 1. The molecule has 1 saturated carbocycles. The maximum atomic E-state index is 12.2. The second-order valence-electron chi connectivity index (χ2n) is 7.28. The van der Waals surface area contributed by atoms with E-state index in [1.165, 1.54) is 31.0 Å². The van der Waals surface area contributed by atoms with Gasteiger partial charge in [-0.15, -0.1) is 10.2 Å². The molecule has 1 fully saturated rings. The highest BCUT2D eigenvalue weighted by Crippen LogP contribution is 2.34. The Labute approximate surface area is 175 Å². The molecule has 0 amide bonds. The minimum absolute atomic E-state index is 0.211. The van der Waals surface area contributed by atoms with Gasteiger partial charge in [0.05, 0.1) is 5.75 Å². The van der Waals surface area contributed by atoms with Crippen molar-refractivity contribution in [1.29, 1.82) is 0 Å². The number of para-hydroxylation sites is 1. The first kappa shape index (κ1) is 19.7. The molecule has 0 radical (unpaired) electrons. The lowest BCUT2D eigenvalue weighted by atomic mass is 9.88. The van der Waals surface area contributed by atoms with E-state index in [0.717, 1.165) is 35.1 Å². The number of benzene rings is 2. The Bertz CT molecular complexity index is 922. The van der Waals surface area contributed by atoms with E-state index in [0.29, 0.717) is 12.5 Å². The summed E-state index contributed by atoms with van der Waals surface area (Å²) in [5.74, 6) is 1.40. The van der Waals surface area contributed by atoms with Crippen molar-refractivity contribution in [3.05, 3.63) is 72.1 Å². The van der Waals surface area contributed by atoms with Gasteiger partial charge in [0.25, 0.3) is 0 Å². The predicted octanol–water partition coefficient (Wildman–Crippen LogP) is 5.15. The zero-order valence-corrected chi connectivity index (χ0v) is 17.2. The van der Waals surface area contributed by atoms with E-state index in [1.807, 2.05) is 48.5 Å². The lowest BCUT2D eigenvalue weighted by Gasteiger charge is -2.22. The van der Waals surface area contributed by atoms with Crippen LogP contribution in [0.2, 0.25) is 0 Å². The van der Waals surface area contributed by atoms with Crippen LogP contribution in [0.15, 0.2) is 65.8 Å². The summed E-state index contributed by atoms with van der Waals surface area (Å²) < 4.78 is 7.52. The smallest absolute Gasteiger partial charge is 0.316 e. The normalized spacial score (nSPS) is 14.6. The highest BCUT2D eigenvalue weighted by Gasteiger charge is 2.24. The molecule has 0 atom stereocenters. The average molecular weight is 408 g/mol. The minimum Gasteiger partial charge on any atom is -0.460 e. The molecule has 3 aromatic rings. The molecular formula is C23H25N3O2S. The van der Waals surface area contributed by atoms with E-state index in [2.05, 4.69) is 26.9 Å². The van der Waals surface area contributed by atoms with Crippen molar-refractivity contribution in [3.8, 4) is 5.69 Å². The van der Waals surface area contributed by atoms with Gasteiger partial charge in [0.15, 0.2) is 5.16 Å².